The number of pyridine rings is 1. The maximum absolute atomic E-state index is 12.9. The molecule has 1 aliphatic carbocycles. The van der Waals surface area contributed by atoms with Crippen molar-refractivity contribution in [3.05, 3.63) is 45.3 Å². The van der Waals surface area contributed by atoms with Crippen LogP contribution in [0.5, 0.6) is 0 Å². The summed E-state index contributed by atoms with van der Waals surface area (Å²) in [4.78, 5) is 23.7. The molecule has 1 fully saturated rings. The molecule has 2 aromatic rings. The van der Waals surface area contributed by atoms with Crippen molar-refractivity contribution >= 4 is 23.1 Å². The first kappa shape index (κ1) is 17.0. The number of anilines is 1. The van der Waals surface area contributed by atoms with Crippen molar-refractivity contribution in [2.75, 3.05) is 31.1 Å². The Balaban J connectivity index is 1.41. The minimum absolute atomic E-state index is 0.168. The summed E-state index contributed by atoms with van der Waals surface area (Å²) in [6.45, 7) is 2.89. The van der Waals surface area contributed by atoms with Crippen LogP contribution < -0.4 is 4.90 Å². The van der Waals surface area contributed by atoms with Crippen molar-refractivity contribution in [1.82, 2.24) is 9.88 Å². The molecular weight excluding hydrogens is 344 g/mol. The standard InChI is InChI=1S/C20H22N4OS/c21-14-15-6-7-22-19(12-15)23-8-10-24(11-9-23)20(25)18-13-16-4-2-1-3-5-17(16)26-18/h6-7,12-13H,1-5,8-11H2. The largest absolute Gasteiger partial charge is 0.353 e. The first-order chi connectivity index (χ1) is 12.7. The van der Waals surface area contributed by atoms with Gasteiger partial charge in [-0.25, -0.2) is 4.98 Å². The molecule has 6 heteroatoms. The molecule has 1 amide bonds. The minimum Gasteiger partial charge on any atom is -0.353 e. The second-order valence-electron chi connectivity index (χ2n) is 6.91. The first-order valence-electron chi connectivity index (χ1n) is 9.26. The van der Waals surface area contributed by atoms with E-state index < -0.39 is 0 Å². The lowest BCUT2D eigenvalue weighted by molar-refractivity contribution is 0.0751. The Bertz CT molecular complexity index is 822. The number of nitriles is 1. The average Bonchev–Trinajstić information content (AvgIpc) is 2.98. The summed E-state index contributed by atoms with van der Waals surface area (Å²) in [7, 11) is 0. The monoisotopic (exact) mass is 366 g/mol. The topological polar surface area (TPSA) is 60.2 Å². The Hall–Kier alpha value is -2.39. The molecular formula is C20H22N4OS. The third-order valence-corrected chi connectivity index (χ3v) is 6.45. The van der Waals surface area contributed by atoms with E-state index in [0.717, 1.165) is 36.6 Å². The van der Waals surface area contributed by atoms with Gasteiger partial charge in [-0.1, -0.05) is 6.42 Å². The minimum atomic E-state index is 0.168. The van der Waals surface area contributed by atoms with Gasteiger partial charge in [0, 0.05) is 37.3 Å². The normalized spacial score (nSPS) is 17.3. The van der Waals surface area contributed by atoms with Gasteiger partial charge in [0.2, 0.25) is 0 Å². The highest BCUT2D eigenvalue weighted by Gasteiger charge is 2.25. The number of nitrogens with zero attached hydrogens (tertiary/aromatic N) is 4. The molecule has 1 aliphatic heterocycles. The van der Waals surface area contributed by atoms with Crippen molar-refractivity contribution in [3.8, 4) is 6.07 Å². The van der Waals surface area contributed by atoms with Gasteiger partial charge in [0.05, 0.1) is 16.5 Å². The molecule has 0 spiro atoms. The molecule has 1 saturated heterocycles. The Labute approximate surface area is 157 Å². The summed E-state index contributed by atoms with van der Waals surface area (Å²) in [5.41, 5.74) is 2.01. The molecule has 2 aromatic heterocycles. The van der Waals surface area contributed by atoms with Crippen LogP contribution in [0.4, 0.5) is 5.82 Å². The van der Waals surface area contributed by atoms with Crippen molar-refractivity contribution in [1.29, 1.82) is 5.26 Å². The lowest BCUT2D eigenvalue weighted by Gasteiger charge is -2.35. The van der Waals surface area contributed by atoms with Crippen molar-refractivity contribution in [2.24, 2.45) is 0 Å². The molecule has 4 rings (SSSR count). The van der Waals surface area contributed by atoms with Gasteiger partial charge in [-0.2, -0.15) is 5.26 Å². The van der Waals surface area contributed by atoms with Crippen LogP contribution in [0.1, 0.15) is 44.9 Å². The van der Waals surface area contributed by atoms with E-state index in [1.165, 1.54) is 29.7 Å². The van der Waals surface area contributed by atoms with E-state index in [2.05, 4.69) is 22.0 Å². The number of hydrogen-bond donors (Lipinski definition) is 0. The van der Waals surface area contributed by atoms with E-state index >= 15 is 0 Å². The van der Waals surface area contributed by atoms with E-state index in [1.807, 2.05) is 11.0 Å². The number of carbonyl (C=O) groups excluding carboxylic acids is 1. The quantitative estimate of drug-likeness (QED) is 0.766. The second kappa shape index (κ2) is 7.46. The number of thiophene rings is 1. The zero-order chi connectivity index (χ0) is 17.9. The number of rotatable bonds is 2. The van der Waals surface area contributed by atoms with Gasteiger partial charge < -0.3 is 9.80 Å². The van der Waals surface area contributed by atoms with Gasteiger partial charge in [0.25, 0.3) is 5.91 Å². The van der Waals surface area contributed by atoms with E-state index in [4.69, 9.17) is 5.26 Å². The fourth-order valence-corrected chi connectivity index (χ4v) is 4.95. The zero-order valence-corrected chi connectivity index (χ0v) is 15.6. The van der Waals surface area contributed by atoms with Gasteiger partial charge in [0.15, 0.2) is 0 Å². The highest BCUT2D eigenvalue weighted by atomic mass is 32.1. The van der Waals surface area contributed by atoms with Gasteiger partial charge in [-0.3, -0.25) is 4.79 Å². The number of fused-ring (bicyclic) bond motifs is 1. The number of hydrogen-bond acceptors (Lipinski definition) is 5. The van der Waals surface area contributed by atoms with E-state index in [-0.39, 0.29) is 5.91 Å². The molecule has 5 nitrogen and oxygen atoms in total. The van der Waals surface area contributed by atoms with Crippen LogP contribution in [-0.2, 0) is 12.8 Å². The van der Waals surface area contributed by atoms with Gasteiger partial charge >= 0.3 is 0 Å². The summed E-state index contributed by atoms with van der Waals surface area (Å²) in [5, 5.41) is 9.04. The highest BCUT2D eigenvalue weighted by Crippen LogP contribution is 2.30. The molecule has 0 bridgehead atoms. The van der Waals surface area contributed by atoms with E-state index in [0.29, 0.717) is 18.7 Å². The fraction of sp³-hybridized carbons (Fsp3) is 0.450. The molecule has 0 atom stereocenters. The molecule has 2 aliphatic rings. The maximum Gasteiger partial charge on any atom is 0.264 e. The number of piperazine rings is 1. The fourth-order valence-electron chi connectivity index (χ4n) is 3.73. The summed E-state index contributed by atoms with van der Waals surface area (Å²) in [5.74, 6) is 0.987. The Kier molecular flexibility index (Phi) is 4.89. The van der Waals surface area contributed by atoms with Gasteiger partial charge in [-0.05, 0) is 49.4 Å². The van der Waals surface area contributed by atoms with Crippen LogP contribution in [0, 0.1) is 11.3 Å². The number of amides is 1. The van der Waals surface area contributed by atoms with Crippen LogP contribution >= 0.6 is 11.3 Å². The number of aromatic nitrogens is 1. The Morgan fingerprint density at radius 2 is 1.92 bits per heavy atom. The average molecular weight is 366 g/mol. The number of aryl methyl sites for hydroxylation is 2. The predicted molar refractivity (Wildman–Crippen MR) is 103 cm³/mol. The molecule has 26 heavy (non-hydrogen) atoms. The highest BCUT2D eigenvalue weighted by molar-refractivity contribution is 7.14. The van der Waals surface area contributed by atoms with E-state index in [1.54, 1.807) is 23.6 Å². The summed E-state index contributed by atoms with van der Waals surface area (Å²) >= 11 is 1.70. The molecule has 0 aromatic carbocycles. The summed E-state index contributed by atoms with van der Waals surface area (Å²) < 4.78 is 0. The maximum atomic E-state index is 12.9. The Morgan fingerprint density at radius 1 is 1.12 bits per heavy atom. The van der Waals surface area contributed by atoms with E-state index in [9.17, 15) is 4.79 Å². The summed E-state index contributed by atoms with van der Waals surface area (Å²) in [6, 6.07) is 7.82. The Morgan fingerprint density at radius 3 is 2.73 bits per heavy atom. The SMILES string of the molecule is N#Cc1ccnc(N2CCN(C(=O)c3cc4c(s3)CCCCC4)CC2)c1. The second-order valence-corrected chi connectivity index (χ2v) is 8.05. The lowest BCUT2D eigenvalue weighted by Crippen LogP contribution is -2.48. The van der Waals surface area contributed by atoms with Crippen LogP contribution in [0.2, 0.25) is 0 Å². The van der Waals surface area contributed by atoms with Crippen LogP contribution in [0.15, 0.2) is 24.4 Å². The molecule has 0 saturated carbocycles. The third kappa shape index (κ3) is 3.45. The van der Waals surface area contributed by atoms with Gasteiger partial charge in [0.1, 0.15) is 5.82 Å². The molecule has 134 valence electrons. The molecule has 3 heterocycles. The van der Waals surface area contributed by atoms with Crippen LogP contribution in [0.25, 0.3) is 0 Å². The summed E-state index contributed by atoms with van der Waals surface area (Å²) in [6.07, 6.45) is 7.70. The molecule has 0 unspecified atom stereocenters. The smallest absolute Gasteiger partial charge is 0.264 e. The zero-order valence-electron chi connectivity index (χ0n) is 14.8. The first-order valence-corrected chi connectivity index (χ1v) is 10.1. The number of carbonyl (C=O) groups is 1. The lowest BCUT2D eigenvalue weighted by atomic mass is 10.1. The molecule has 0 radical (unpaired) electrons. The van der Waals surface area contributed by atoms with Crippen LogP contribution in [-0.4, -0.2) is 42.0 Å². The van der Waals surface area contributed by atoms with Crippen molar-refractivity contribution in [2.45, 2.75) is 32.1 Å². The van der Waals surface area contributed by atoms with Crippen molar-refractivity contribution in [3.63, 3.8) is 0 Å². The van der Waals surface area contributed by atoms with Crippen molar-refractivity contribution < 1.29 is 4.79 Å². The third-order valence-electron chi connectivity index (χ3n) is 5.22. The van der Waals surface area contributed by atoms with Crippen LogP contribution in [0.3, 0.4) is 0 Å². The molecule has 0 N–H and O–H groups in total. The van der Waals surface area contributed by atoms with Gasteiger partial charge in [-0.15, -0.1) is 11.3 Å². The predicted octanol–water partition coefficient (Wildman–Crippen LogP) is 3.25.